The zero-order valence-electron chi connectivity index (χ0n) is 14.2. The Kier molecular flexibility index (Phi) is 4.52. The topological polar surface area (TPSA) is 59.3 Å². The van der Waals surface area contributed by atoms with Crippen LogP contribution >= 0.6 is 15.9 Å². The molecule has 0 saturated heterocycles. The van der Waals surface area contributed by atoms with Gasteiger partial charge in [-0.2, -0.15) is 0 Å². The van der Waals surface area contributed by atoms with Gasteiger partial charge in [-0.05, 0) is 47.4 Å². The van der Waals surface area contributed by atoms with Crippen molar-refractivity contribution in [2.24, 2.45) is 0 Å². The van der Waals surface area contributed by atoms with Crippen LogP contribution in [0.3, 0.4) is 0 Å². The normalized spacial score (nSPS) is 11.5. The van der Waals surface area contributed by atoms with Gasteiger partial charge in [0, 0.05) is 15.4 Å². The second kappa shape index (κ2) is 6.48. The smallest absolute Gasteiger partial charge is 0.360 e. The Morgan fingerprint density at radius 1 is 1.04 bits per heavy atom. The summed E-state index contributed by atoms with van der Waals surface area (Å²) in [6.45, 7) is 6.33. The zero-order valence-corrected chi connectivity index (χ0v) is 15.8. The Bertz CT molecular complexity index is 998. The average Bonchev–Trinajstić information content (AvgIpc) is 2.55. The van der Waals surface area contributed by atoms with Crippen molar-refractivity contribution in [1.29, 1.82) is 0 Å². The molecule has 3 aromatic rings. The fraction of sp³-hybridized carbons (Fsp3) is 0.200. The van der Waals surface area contributed by atoms with Gasteiger partial charge < -0.3 is 9.73 Å². The van der Waals surface area contributed by atoms with Gasteiger partial charge in [0.05, 0.1) is 0 Å². The minimum atomic E-state index is -0.575. The Hall–Kier alpha value is -2.40. The van der Waals surface area contributed by atoms with Gasteiger partial charge in [-0.1, -0.05) is 48.8 Å². The van der Waals surface area contributed by atoms with Gasteiger partial charge in [0.25, 0.3) is 5.91 Å². The first-order valence-electron chi connectivity index (χ1n) is 7.89. The first kappa shape index (κ1) is 17.4. The van der Waals surface area contributed by atoms with E-state index in [1.165, 1.54) is 0 Å². The molecule has 4 nitrogen and oxygen atoms in total. The summed E-state index contributed by atoms with van der Waals surface area (Å²) in [5.74, 6) is -0.345. The van der Waals surface area contributed by atoms with Crippen LogP contribution in [0.15, 0.2) is 62.2 Å². The third-order valence-electron chi connectivity index (χ3n) is 3.96. The maximum atomic E-state index is 12.4. The number of carbonyl (C=O) groups excluding carboxylic acids is 1. The summed E-state index contributed by atoms with van der Waals surface area (Å²) in [5.41, 5.74) is 1.66. The number of hydrogen-bond acceptors (Lipinski definition) is 3. The van der Waals surface area contributed by atoms with Crippen LogP contribution in [0.2, 0.25) is 0 Å². The molecule has 0 radical (unpaired) electrons. The molecule has 0 aliphatic rings. The van der Waals surface area contributed by atoms with Gasteiger partial charge in [-0.25, -0.2) is 4.79 Å². The number of amides is 1. The maximum absolute atomic E-state index is 12.4. The summed E-state index contributed by atoms with van der Waals surface area (Å²) in [7, 11) is 0. The maximum Gasteiger partial charge on any atom is 0.360 e. The van der Waals surface area contributed by atoms with E-state index in [4.69, 9.17) is 4.42 Å². The van der Waals surface area contributed by atoms with E-state index in [0.717, 1.165) is 15.4 Å². The molecule has 1 amide bonds. The van der Waals surface area contributed by atoms with Crippen LogP contribution in [-0.2, 0) is 5.41 Å². The second-order valence-corrected chi connectivity index (χ2v) is 7.83. The molecule has 1 N–H and O–H groups in total. The molecule has 0 atom stereocenters. The minimum absolute atomic E-state index is 0.0157. The van der Waals surface area contributed by atoms with Crippen LogP contribution in [0.5, 0.6) is 0 Å². The van der Waals surface area contributed by atoms with E-state index in [2.05, 4.69) is 42.0 Å². The van der Waals surface area contributed by atoms with Gasteiger partial charge in [-0.15, -0.1) is 0 Å². The van der Waals surface area contributed by atoms with E-state index >= 15 is 0 Å². The summed E-state index contributed by atoms with van der Waals surface area (Å²) in [6, 6.07) is 14.3. The number of nitrogens with one attached hydrogen (secondary N) is 1. The number of halogens is 1. The van der Waals surface area contributed by atoms with Crippen LogP contribution in [0.25, 0.3) is 11.0 Å². The number of fused-ring (bicyclic) bond motifs is 1. The van der Waals surface area contributed by atoms with Crippen molar-refractivity contribution in [3.63, 3.8) is 0 Å². The molecule has 128 valence electrons. The molecular formula is C20H18BrNO3. The highest BCUT2D eigenvalue weighted by molar-refractivity contribution is 9.10. The summed E-state index contributed by atoms with van der Waals surface area (Å²) in [6.07, 6.45) is 0. The minimum Gasteiger partial charge on any atom is -0.421 e. The molecule has 25 heavy (non-hydrogen) atoms. The number of carbonyl (C=O) groups is 1. The summed E-state index contributed by atoms with van der Waals surface area (Å²) in [5, 5.41) is 3.36. The van der Waals surface area contributed by atoms with Crippen molar-refractivity contribution in [2.45, 2.75) is 26.2 Å². The molecule has 0 saturated carbocycles. The van der Waals surface area contributed by atoms with Crippen LogP contribution in [0.4, 0.5) is 5.69 Å². The fourth-order valence-corrected chi connectivity index (χ4v) is 2.88. The quantitative estimate of drug-likeness (QED) is 0.609. The third-order valence-corrected chi connectivity index (χ3v) is 4.45. The molecule has 0 unspecified atom stereocenters. The molecule has 0 aliphatic heterocycles. The van der Waals surface area contributed by atoms with Crippen molar-refractivity contribution in [3.05, 3.63) is 74.6 Å². The SMILES string of the molecule is CC(C)(C)c1ccc(C(=O)Nc2cc3cc(Br)ccc3oc2=O)cc1. The molecule has 5 heteroatoms. The van der Waals surface area contributed by atoms with Crippen molar-refractivity contribution < 1.29 is 9.21 Å². The van der Waals surface area contributed by atoms with E-state index in [1.807, 2.05) is 18.2 Å². The molecule has 0 bridgehead atoms. The zero-order chi connectivity index (χ0) is 18.2. The highest BCUT2D eigenvalue weighted by Crippen LogP contribution is 2.23. The summed E-state index contributed by atoms with van der Waals surface area (Å²) in [4.78, 5) is 24.5. The number of anilines is 1. The molecule has 0 spiro atoms. The lowest BCUT2D eigenvalue weighted by atomic mass is 9.87. The first-order valence-corrected chi connectivity index (χ1v) is 8.69. The van der Waals surface area contributed by atoms with E-state index in [9.17, 15) is 9.59 Å². The van der Waals surface area contributed by atoms with Crippen molar-refractivity contribution in [1.82, 2.24) is 0 Å². The molecule has 3 rings (SSSR count). The Morgan fingerprint density at radius 3 is 2.36 bits per heavy atom. The molecule has 2 aromatic carbocycles. The average molecular weight is 400 g/mol. The Morgan fingerprint density at radius 2 is 1.72 bits per heavy atom. The monoisotopic (exact) mass is 399 g/mol. The highest BCUT2D eigenvalue weighted by Gasteiger charge is 2.15. The lowest BCUT2D eigenvalue weighted by Gasteiger charge is -2.19. The van der Waals surface area contributed by atoms with Crippen LogP contribution < -0.4 is 10.9 Å². The van der Waals surface area contributed by atoms with Crippen molar-refractivity contribution >= 4 is 38.5 Å². The van der Waals surface area contributed by atoms with Gasteiger partial charge in [0.2, 0.25) is 0 Å². The lowest BCUT2D eigenvalue weighted by molar-refractivity contribution is 0.102. The predicted octanol–water partition coefficient (Wildman–Crippen LogP) is 5.11. The van der Waals surface area contributed by atoms with Crippen molar-refractivity contribution in [3.8, 4) is 0 Å². The van der Waals surface area contributed by atoms with Gasteiger partial charge in [-0.3, -0.25) is 4.79 Å². The molecule has 0 aliphatic carbocycles. The third kappa shape index (κ3) is 3.82. The highest BCUT2D eigenvalue weighted by atomic mass is 79.9. The first-order chi connectivity index (χ1) is 11.7. The number of benzene rings is 2. The standard InChI is InChI=1S/C20H18BrNO3/c1-20(2,3)14-6-4-12(5-7-14)18(23)22-16-11-13-10-15(21)8-9-17(13)25-19(16)24/h4-11H,1-3H3,(H,22,23). The van der Waals surface area contributed by atoms with Crippen LogP contribution in [-0.4, -0.2) is 5.91 Å². The van der Waals surface area contributed by atoms with Gasteiger partial charge in [0.15, 0.2) is 0 Å². The molecule has 1 heterocycles. The Labute approximate surface area is 154 Å². The van der Waals surface area contributed by atoms with E-state index < -0.39 is 5.63 Å². The number of rotatable bonds is 2. The van der Waals surface area contributed by atoms with E-state index in [0.29, 0.717) is 11.1 Å². The summed E-state index contributed by atoms with van der Waals surface area (Å²) < 4.78 is 6.12. The molecular weight excluding hydrogens is 382 g/mol. The van der Waals surface area contributed by atoms with Gasteiger partial charge in [0.1, 0.15) is 11.3 Å². The second-order valence-electron chi connectivity index (χ2n) is 6.91. The van der Waals surface area contributed by atoms with Crippen LogP contribution in [0.1, 0.15) is 36.7 Å². The fourth-order valence-electron chi connectivity index (χ4n) is 2.50. The van der Waals surface area contributed by atoms with Crippen LogP contribution in [0, 0.1) is 0 Å². The predicted molar refractivity (Wildman–Crippen MR) is 103 cm³/mol. The largest absolute Gasteiger partial charge is 0.421 e. The Balaban J connectivity index is 1.89. The van der Waals surface area contributed by atoms with Crippen molar-refractivity contribution in [2.75, 3.05) is 5.32 Å². The lowest BCUT2D eigenvalue weighted by Crippen LogP contribution is -2.18. The molecule has 0 fully saturated rings. The van der Waals surface area contributed by atoms with E-state index in [1.54, 1.807) is 30.3 Å². The van der Waals surface area contributed by atoms with E-state index in [-0.39, 0.29) is 17.0 Å². The van der Waals surface area contributed by atoms with Gasteiger partial charge >= 0.3 is 5.63 Å². The number of hydrogen-bond donors (Lipinski definition) is 1. The summed E-state index contributed by atoms with van der Waals surface area (Å²) >= 11 is 3.38. The molecule has 1 aromatic heterocycles.